The molecule has 3 aromatic heterocycles. The molecule has 4 heteroatoms. The zero-order chi connectivity index (χ0) is 12.4. The zero-order valence-corrected chi connectivity index (χ0v) is 9.72. The van der Waals surface area contributed by atoms with Gasteiger partial charge in [-0.2, -0.15) is 0 Å². The number of fused-ring (bicyclic) bond motifs is 1. The van der Waals surface area contributed by atoms with E-state index in [0.717, 1.165) is 34.4 Å². The van der Waals surface area contributed by atoms with Gasteiger partial charge in [-0.05, 0) is 24.3 Å². The van der Waals surface area contributed by atoms with Crippen LogP contribution in [0.15, 0.2) is 41.1 Å². The predicted octanol–water partition coefficient (Wildman–Crippen LogP) is 2.95. The van der Waals surface area contributed by atoms with Crippen molar-refractivity contribution in [3.63, 3.8) is 0 Å². The highest BCUT2D eigenvalue weighted by Crippen LogP contribution is 2.24. The summed E-state index contributed by atoms with van der Waals surface area (Å²) in [6.45, 7) is 0. The van der Waals surface area contributed by atoms with Gasteiger partial charge in [0, 0.05) is 36.2 Å². The van der Waals surface area contributed by atoms with Gasteiger partial charge in [-0.3, -0.25) is 0 Å². The molecule has 0 unspecified atom stereocenters. The number of aryl methyl sites for hydroxylation is 1. The summed E-state index contributed by atoms with van der Waals surface area (Å²) in [6.07, 6.45) is 5.67. The first-order chi connectivity index (χ1) is 8.86. The van der Waals surface area contributed by atoms with E-state index in [-0.39, 0.29) is 0 Å². The monoisotopic (exact) mass is 240 g/mol. The van der Waals surface area contributed by atoms with Crippen LogP contribution >= 0.6 is 0 Å². The quantitative estimate of drug-likeness (QED) is 0.713. The van der Waals surface area contributed by atoms with E-state index in [1.54, 1.807) is 6.20 Å². The number of aromatic amines is 1. The van der Waals surface area contributed by atoms with Gasteiger partial charge in [-0.1, -0.05) is 0 Å². The van der Waals surface area contributed by atoms with E-state index in [1.807, 2.05) is 30.5 Å². The average molecular weight is 240 g/mol. The normalized spacial score (nSPS) is 10.9. The minimum absolute atomic E-state index is 0.488. The summed E-state index contributed by atoms with van der Waals surface area (Å²) in [5.41, 5.74) is 1.81. The molecule has 0 fully saturated rings. The Bertz CT molecular complexity index is 682. The summed E-state index contributed by atoms with van der Waals surface area (Å²) in [6, 6.07) is 7.82. The van der Waals surface area contributed by atoms with Crippen LogP contribution in [0.5, 0.6) is 0 Å². The van der Waals surface area contributed by atoms with E-state index in [1.165, 1.54) is 0 Å². The highest BCUT2D eigenvalue weighted by atomic mass is 16.3. The van der Waals surface area contributed by atoms with Crippen molar-refractivity contribution in [2.24, 2.45) is 0 Å². The van der Waals surface area contributed by atoms with Crippen LogP contribution in [-0.4, -0.2) is 16.3 Å². The Kier molecular flexibility index (Phi) is 2.68. The third kappa shape index (κ3) is 1.93. The van der Waals surface area contributed by atoms with Gasteiger partial charge in [0.25, 0.3) is 0 Å². The number of carbonyl (C=O) groups excluding carboxylic acids is 1. The molecule has 0 atom stereocenters. The molecule has 1 N–H and O–H groups in total. The number of aldehydes is 1. The van der Waals surface area contributed by atoms with E-state index in [4.69, 9.17) is 4.42 Å². The molecule has 3 aromatic rings. The van der Waals surface area contributed by atoms with Gasteiger partial charge in [0.05, 0.1) is 0 Å². The minimum Gasteiger partial charge on any atom is -0.461 e. The predicted molar refractivity (Wildman–Crippen MR) is 68.2 cm³/mol. The highest BCUT2D eigenvalue weighted by molar-refractivity contribution is 5.80. The van der Waals surface area contributed by atoms with Crippen LogP contribution in [0.4, 0.5) is 0 Å². The van der Waals surface area contributed by atoms with Crippen molar-refractivity contribution < 1.29 is 9.21 Å². The van der Waals surface area contributed by atoms with Crippen LogP contribution in [0.25, 0.3) is 22.4 Å². The van der Waals surface area contributed by atoms with Crippen LogP contribution in [-0.2, 0) is 11.2 Å². The molecule has 90 valence electrons. The van der Waals surface area contributed by atoms with E-state index >= 15 is 0 Å². The summed E-state index contributed by atoms with van der Waals surface area (Å²) in [5.74, 6) is 1.61. The Morgan fingerprint density at radius 3 is 3.17 bits per heavy atom. The van der Waals surface area contributed by atoms with Crippen LogP contribution in [0.2, 0.25) is 0 Å². The zero-order valence-electron chi connectivity index (χ0n) is 9.72. The second kappa shape index (κ2) is 4.49. The SMILES string of the molecule is O=CCCc1ccc(-c2cnc3[nH]ccc3c2)o1. The number of hydrogen-bond donors (Lipinski definition) is 1. The van der Waals surface area contributed by atoms with Gasteiger partial charge >= 0.3 is 0 Å². The van der Waals surface area contributed by atoms with Gasteiger partial charge in [0.2, 0.25) is 0 Å². The maximum absolute atomic E-state index is 10.3. The average Bonchev–Trinajstić information content (AvgIpc) is 3.04. The molecule has 0 aliphatic carbocycles. The number of hydrogen-bond acceptors (Lipinski definition) is 3. The lowest BCUT2D eigenvalue weighted by atomic mass is 10.2. The molecular weight excluding hydrogens is 228 g/mol. The Morgan fingerprint density at radius 1 is 1.33 bits per heavy atom. The fourth-order valence-corrected chi connectivity index (χ4v) is 1.94. The van der Waals surface area contributed by atoms with Crippen LogP contribution in [0.3, 0.4) is 0 Å². The van der Waals surface area contributed by atoms with E-state index < -0.39 is 0 Å². The van der Waals surface area contributed by atoms with Crippen LogP contribution in [0.1, 0.15) is 12.2 Å². The first-order valence-electron chi connectivity index (χ1n) is 5.82. The Morgan fingerprint density at radius 2 is 2.28 bits per heavy atom. The lowest BCUT2D eigenvalue weighted by molar-refractivity contribution is -0.107. The molecule has 4 nitrogen and oxygen atoms in total. The van der Waals surface area contributed by atoms with Gasteiger partial charge in [0.1, 0.15) is 23.5 Å². The largest absolute Gasteiger partial charge is 0.461 e. The number of carbonyl (C=O) groups is 1. The summed E-state index contributed by atoms with van der Waals surface area (Å²) in [7, 11) is 0. The molecule has 3 rings (SSSR count). The van der Waals surface area contributed by atoms with Crippen molar-refractivity contribution in [1.29, 1.82) is 0 Å². The second-order valence-corrected chi connectivity index (χ2v) is 4.11. The number of furan rings is 1. The lowest BCUT2D eigenvalue weighted by Crippen LogP contribution is -1.82. The Hall–Kier alpha value is -2.36. The van der Waals surface area contributed by atoms with Crippen molar-refractivity contribution >= 4 is 17.3 Å². The first kappa shape index (κ1) is 10.8. The van der Waals surface area contributed by atoms with Crippen molar-refractivity contribution in [3.8, 4) is 11.3 Å². The maximum Gasteiger partial charge on any atom is 0.137 e. The highest BCUT2D eigenvalue weighted by Gasteiger charge is 2.06. The molecule has 0 bridgehead atoms. The molecular formula is C14H12N2O2. The fraction of sp³-hybridized carbons (Fsp3) is 0.143. The lowest BCUT2D eigenvalue weighted by Gasteiger charge is -1.97. The minimum atomic E-state index is 0.488. The van der Waals surface area contributed by atoms with E-state index in [0.29, 0.717) is 12.8 Å². The van der Waals surface area contributed by atoms with Crippen LogP contribution in [0, 0.1) is 0 Å². The van der Waals surface area contributed by atoms with Gasteiger partial charge < -0.3 is 14.2 Å². The second-order valence-electron chi connectivity index (χ2n) is 4.11. The number of aromatic nitrogens is 2. The molecule has 0 aliphatic rings. The summed E-state index contributed by atoms with van der Waals surface area (Å²) in [5, 5.41) is 1.05. The number of nitrogens with zero attached hydrogens (tertiary/aromatic N) is 1. The van der Waals surface area contributed by atoms with E-state index in [2.05, 4.69) is 9.97 Å². The topological polar surface area (TPSA) is 58.9 Å². The van der Waals surface area contributed by atoms with Gasteiger partial charge in [0.15, 0.2) is 0 Å². The Balaban J connectivity index is 1.92. The van der Waals surface area contributed by atoms with E-state index in [9.17, 15) is 4.79 Å². The smallest absolute Gasteiger partial charge is 0.137 e. The third-order valence-corrected chi connectivity index (χ3v) is 2.85. The van der Waals surface area contributed by atoms with Crippen molar-refractivity contribution in [2.45, 2.75) is 12.8 Å². The molecule has 0 aromatic carbocycles. The molecule has 3 heterocycles. The fourth-order valence-electron chi connectivity index (χ4n) is 1.94. The van der Waals surface area contributed by atoms with Gasteiger partial charge in [-0.15, -0.1) is 0 Å². The van der Waals surface area contributed by atoms with Gasteiger partial charge in [-0.25, -0.2) is 4.98 Å². The van der Waals surface area contributed by atoms with Crippen molar-refractivity contribution in [3.05, 3.63) is 42.4 Å². The summed E-state index contributed by atoms with van der Waals surface area (Å²) >= 11 is 0. The summed E-state index contributed by atoms with van der Waals surface area (Å²) in [4.78, 5) is 17.7. The van der Waals surface area contributed by atoms with Crippen molar-refractivity contribution in [1.82, 2.24) is 9.97 Å². The molecule has 0 radical (unpaired) electrons. The molecule has 0 saturated carbocycles. The maximum atomic E-state index is 10.3. The number of pyridine rings is 1. The number of rotatable bonds is 4. The molecule has 0 spiro atoms. The number of nitrogens with one attached hydrogen (secondary N) is 1. The van der Waals surface area contributed by atoms with Crippen molar-refractivity contribution in [2.75, 3.05) is 0 Å². The summed E-state index contributed by atoms with van der Waals surface area (Å²) < 4.78 is 5.69. The first-order valence-corrected chi connectivity index (χ1v) is 5.82. The molecule has 18 heavy (non-hydrogen) atoms. The molecule has 0 aliphatic heterocycles. The Labute approximate surface area is 104 Å². The van der Waals surface area contributed by atoms with Crippen LogP contribution < -0.4 is 0 Å². The number of H-pyrrole nitrogens is 1. The standard InChI is InChI=1S/C14H12N2O2/c17-7-1-2-12-3-4-13(18-12)11-8-10-5-6-15-14(10)16-9-11/h3-9H,1-2H2,(H,15,16). The molecule has 0 saturated heterocycles. The third-order valence-electron chi connectivity index (χ3n) is 2.85. The molecule has 0 amide bonds.